The monoisotopic (exact) mass is 541 g/mol. The van der Waals surface area contributed by atoms with Crippen molar-refractivity contribution in [3.8, 4) is 0 Å². The molecule has 14 heteroatoms. The maximum atomic E-state index is 13.0. The third-order valence-electron chi connectivity index (χ3n) is 5.00. The van der Waals surface area contributed by atoms with Gasteiger partial charge in [-0.05, 0) is 61.4 Å². The summed E-state index contributed by atoms with van der Waals surface area (Å²) in [4.78, 5) is 16.5. The summed E-state index contributed by atoms with van der Waals surface area (Å²) in [6, 6.07) is 10.8. The van der Waals surface area contributed by atoms with Crippen molar-refractivity contribution in [3.05, 3.63) is 65.1 Å². The summed E-state index contributed by atoms with van der Waals surface area (Å²) < 4.78 is 54.4. The Kier molecular flexibility index (Phi) is 7.09. The first-order valence-electron chi connectivity index (χ1n) is 10.0. The third kappa shape index (κ3) is 5.50. The fraction of sp³-hybridized carbons (Fsp3) is 0.200. The number of carbonyl (C=O) groups is 1. The molecule has 2 amide bonds. The highest BCUT2D eigenvalue weighted by Gasteiger charge is 2.36. The summed E-state index contributed by atoms with van der Waals surface area (Å²) in [6.45, 7) is 0.272. The first-order chi connectivity index (χ1) is 16.1. The van der Waals surface area contributed by atoms with Gasteiger partial charge in [-0.25, -0.2) is 26.6 Å². The molecule has 1 aromatic heterocycles. The fourth-order valence-corrected chi connectivity index (χ4v) is 6.93. The number of carbonyl (C=O) groups excluding carboxylic acids is 1. The number of benzene rings is 2. The molecule has 0 saturated carbocycles. The van der Waals surface area contributed by atoms with E-state index in [0.717, 1.165) is 11.3 Å². The molecule has 0 radical (unpaired) electrons. The van der Waals surface area contributed by atoms with Gasteiger partial charge in [0.1, 0.15) is 0 Å². The minimum atomic E-state index is -3.81. The molecule has 3 N–H and O–H groups in total. The predicted molar refractivity (Wildman–Crippen MR) is 130 cm³/mol. The Labute approximate surface area is 206 Å². The van der Waals surface area contributed by atoms with Gasteiger partial charge in [-0.3, -0.25) is 4.72 Å². The Morgan fingerprint density at radius 3 is 2.35 bits per heavy atom. The lowest BCUT2D eigenvalue weighted by atomic mass is 10.3. The lowest BCUT2D eigenvalue weighted by molar-refractivity contribution is 0.240. The summed E-state index contributed by atoms with van der Waals surface area (Å²) in [5.41, 5.74) is 0.343. The molecule has 2 heterocycles. The highest BCUT2D eigenvalue weighted by molar-refractivity contribution is 7.93. The van der Waals surface area contributed by atoms with E-state index in [1.165, 1.54) is 59.0 Å². The van der Waals surface area contributed by atoms with Crippen molar-refractivity contribution in [3.63, 3.8) is 0 Å². The van der Waals surface area contributed by atoms with Gasteiger partial charge in [0.25, 0.3) is 10.0 Å². The molecule has 180 valence electrons. The quantitative estimate of drug-likeness (QED) is 0.418. The molecular weight excluding hydrogens is 522 g/mol. The standard InChI is InChI=1S/C20H20ClN5O5S3/c21-14-3-7-17(8-4-14)34(30,31)26-12-1-2-18(26)24-19(27)23-15-5-9-16(10-6-15)33(28,29)25-20-22-11-13-32-20/h3-11,13,18H,1-2,12H2,(H,22,25)(H2,23,24,27). The average molecular weight is 542 g/mol. The van der Waals surface area contributed by atoms with Crippen molar-refractivity contribution in [1.29, 1.82) is 0 Å². The Morgan fingerprint density at radius 1 is 1.03 bits per heavy atom. The topological polar surface area (TPSA) is 138 Å². The summed E-state index contributed by atoms with van der Waals surface area (Å²) in [6.07, 6.45) is 1.82. The van der Waals surface area contributed by atoms with Crippen molar-refractivity contribution in [1.82, 2.24) is 14.6 Å². The number of thiazole rings is 1. The normalized spacial score (nSPS) is 16.8. The molecule has 0 spiro atoms. The van der Waals surface area contributed by atoms with Crippen LogP contribution in [-0.2, 0) is 20.0 Å². The van der Waals surface area contributed by atoms with Crippen LogP contribution in [0.3, 0.4) is 0 Å². The molecular formula is C20H20ClN5O5S3. The van der Waals surface area contributed by atoms with Gasteiger partial charge >= 0.3 is 6.03 Å². The van der Waals surface area contributed by atoms with Crippen LogP contribution in [-0.4, -0.2) is 44.9 Å². The second-order valence-corrected chi connectivity index (χ2v) is 12.2. The van der Waals surface area contributed by atoms with Crippen molar-refractivity contribution in [2.75, 3.05) is 16.6 Å². The molecule has 3 aromatic rings. The summed E-state index contributed by atoms with van der Waals surface area (Å²) in [5.74, 6) is 0. The number of amides is 2. The average Bonchev–Trinajstić information content (AvgIpc) is 3.46. The molecule has 4 rings (SSSR count). The second-order valence-electron chi connectivity index (χ2n) is 7.29. The van der Waals surface area contributed by atoms with Gasteiger partial charge < -0.3 is 10.6 Å². The van der Waals surface area contributed by atoms with Crippen LogP contribution in [0, 0.1) is 0 Å². The molecule has 2 aromatic carbocycles. The molecule has 1 aliphatic rings. The van der Waals surface area contributed by atoms with Gasteiger partial charge in [0, 0.05) is 28.8 Å². The van der Waals surface area contributed by atoms with E-state index < -0.39 is 32.2 Å². The molecule has 1 atom stereocenters. The van der Waals surface area contributed by atoms with Crippen LogP contribution in [0.5, 0.6) is 0 Å². The smallest absolute Gasteiger partial charge is 0.320 e. The van der Waals surface area contributed by atoms with E-state index in [0.29, 0.717) is 23.6 Å². The molecule has 1 aliphatic heterocycles. The van der Waals surface area contributed by atoms with Crippen LogP contribution in [0.4, 0.5) is 15.6 Å². The van der Waals surface area contributed by atoms with Crippen LogP contribution < -0.4 is 15.4 Å². The first-order valence-corrected chi connectivity index (χ1v) is 14.2. The maximum absolute atomic E-state index is 13.0. The highest BCUT2D eigenvalue weighted by Crippen LogP contribution is 2.26. The van der Waals surface area contributed by atoms with Crippen LogP contribution >= 0.6 is 22.9 Å². The van der Waals surface area contributed by atoms with E-state index in [1.807, 2.05) is 0 Å². The maximum Gasteiger partial charge on any atom is 0.320 e. The van der Waals surface area contributed by atoms with Gasteiger partial charge in [-0.2, -0.15) is 4.31 Å². The molecule has 0 bridgehead atoms. The number of aromatic nitrogens is 1. The second kappa shape index (κ2) is 9.88. The number of nitrogens with zero attached hydrogens (tertiary/aromatic N) is 2. The zero-order valence-corrected chi connectivity index (χ0v) is 20.7. The number of rotatable bonds is 7. The van der Waals surface area contributed by atoms with Gasteiger partial charge in [-0.15, -0.1) is 11.3 Å². The molecule has 10 nitrogen and oxygen atoms in total. The summed E-state index contributed by atoms with van der Waals surface area (Å²) in [5, 5.41) is 7.59. The Hall–Kier alpha value is -2.71. The molecule has 1 fully saturated rings. The lowest BCUT2D eigenvalue weighted by Crippen LogP contribution is -2.48. The van der Waals surface area contributed by atoms with Crippen LogP contribution in [0.15, 0.2) is 69.9 Å². The number of urea groups is 1. The zero-order chi connectivity index (χ0) is 24.3. The van der Waals surface area contributed by atoms with Crippen molar-refractivity contribution in [2.45, 2.75) is 28.8 Å². The number of hydrogen-bond acceptors (Lipinski definition) is 7. The number of halogens is 1. The number of hydrogen-bond donors (Lipinski definition) is 3. The molecule has 0 aliphatic carbocycles. The van der Waals surface area contributed by atoms with E-state index in [1.54, 1.807) is 5.38 Å². The minimum absolute atomic E-state index is 0.00434. The summed E-state index contributed by atoms with van der Waals surface area (Å²) >= 11 is 7.00. The Balaban J connectivity index is 1.39. The first kappa shape index (κ1) is 24.4. The third-order valence-corrected chi connectivity index (χ3v) is 9.35. The predicted octanol–water partition coefficient (Wildman–Crippen LogP) is 3.53. The van der Waals surface area contributed by atoms with Crippen molar-refractivity contribution < 1.29 is 21.6 Å². The minimum Gasteiger partial charge on any atom is -0.321 e. The molecule has 1 unspecified atom stereocenters. The largest absolute Gasteiger partial charge is 0.321 e. The molecule has 1 saturated heterocycles. The van der Waals surface area contributed by atoms with E-state index in [4.69, 9.17) is 11.6 Å². The van der Waals surface area contributed by atoms with Gasteiger partial charge in [-0.1, -0.05) is 11.6 Å². The number of nitrogens with one attached hydrogen (secondary N) is 3. The lowest BCUT2D eigenvalue weighted by Gasteiger charge is -2.25. The van der Waals surface area contributed by atoms with E-state index in [2.05, 4.69) is 20.3 Å². The fourth-order valence-electron chi connectivity index (χ4n) is 3.40. The molecule has 34 heavy (non-hydrogen) atoms. The van der Waals surface area contributed by atoms with Crippen molar-refractivity contribution in [2.24, 2.45) is 0 Å². The Bertz CT molecular complexity index is 1360. The van der Waals surface area contributed by atoms with Gasteiger partial charge in [0.2, 0.25) is 10.0 Å². The van der Waals surface area contributed by atoms with Gasteiger partial charge in [0.15, 0.2) is 5.13 Å². The van der Waals surface area contributed by atoms with Crippen LogP contribution in [0.2, 0.25) is 5.02 Å². The van der Waals surface area contributed by atoms with Gasteiger partial charge in [0.05, 0.1) is 16.0 Å². The number of sulfonamides is 2. The number of anilines is 2. The van der Waals surface area contributed by atoms with E-state index in [-0.39, 0.29) is 21.5 Å². The van der Waals surface area contributed by atoms with E-state index >= 15 is 0 Å². The summed E-state index contributed by atoms with van der Waals surface area (Å²) in [7, 11) is -7.62. The van der Waals surface area contributed by atoms with Crippen molar-refractivity contribution >= 4 is 59.8 Å². The zero-order valence-electron chi connectivity index (χ0n) is 17.5. The Morgan fingerprint density at radius 2 is 1.71 bits per heavy atom. The van der Waals surface area contributed by atoms with Crippen LogP contribution in [0.25, 0.3) is 0 Å². The van der Waals surface area contributed by atoms with Crippen LogP contribution in [0.1, 0.15) is 12.8 Å². The van der Waals surface area contributed by atoms with E-state index in [9.17, 15) is 21.6 Å². The highest BCUT2D eigenvalue weighted by atomic mass is 35.5. The SMILES string of the molecule is O=C(Nc1ccc(S(=O)(=O)Nc2nccs2)cc1)NC1CCCN1S(=O)(=O)c1ccc(Cl)cc1.